The molecule has 0 unspecified atom stereocenters. The smallest absolute Gasteiger partial charge is 0.261 e. The lowest BCUT2D eigenvalue weighted by Gasteiger charge is -2.18. The van der Waals surface area contributed by atoms with Gasteiger partial charge in [0.15, 0.2) is 0 Å². The molecular weight excluding hydrogens is 460 g/mol. The molecule has 0 saturated heterocycles. The SMILES string of the molecule is C[C@H](Cc1c[nH]c2ccccc12)NC[C@H](O)c1cccc(NS(=O)(=O)c2cccc(N(C)C)c2)c1. The standard InChI is InChI=1S/C27H32N4O3S/c1-19(14-21-17-29-26-13-5-4-12-25(21)26)28-18-27(32)20-8-6-9-22(15-20)30-35(33,34)24-11-7-10-23(16-24)31(2)3/h4-13,15-17,19,27-30,32H,14,18H2,1-3H3/t19-,27+/m1/s1. The highest BCUT2D eigenvalue weighted by molar-refractivity contribution is 7.92. The number of H-pyrrole nitrogens is 1. The van der Waals surface area contributed by atoms with Crippen LogP contribution in [-0.2, 0) is 16.4 Å². The van der Waals surface area contributed by atoms with E-state index in [4.69, 9.17) is 0 Å². The van der Waals surface area contributed by atoms with Gasteiger partial charge in [-0.25, -0.2) is 8.42 Å². The number of fused-ring (bicyclic) bond motifs is 1. The van der Waals surface area contributed by atoms with Gasteiger partial charge in [-0.3, -0.25) is 4.72 Å². The molecule has 1 aromatic heterocycles. The number of nitrogens with one attached hydrogen (secondary N) is 3. The number of aromatic amines is 1. The normalized spacial score (nSPS) is 13.5. The average molecular weight is 493 g/mol. The Hall–Kier alpha value is -3.33. The molecule has 0 spiro atoms. The molecule has 3 aromatic carbocycles. The summed E-state index contributed by atoms with van der Waals surface area (Å²) in [6.45, 7) is 2.44. The first-order chi connectivity index (χ1) is 16.7. The summed E-state index contributed by atoms with van der Waals surface area (Å²) in [6.07, 6.45) is 2.08. The molecule has 0 aliphatic rings. The minimum atomic E-state index is -3.76. The zero-order chi connectivity index (χ0) is 25.0. The van der Waals surface area contributed by atoms with Crippen molar-refractivity contribution >= 4 is 32.3 Å². The van der Waals surface area contributed by atoms with Crippen LogP contribution in [0.3, 0.4) is 0 Å². The van der Waals surface area contributed by atoms with Crippen LogP contribution in [0.4, 0.5) is 11.4 Å². The van der Waals surface area contributed by atoms with Crippen molar-refractivity contribution < 1.29 is 13.5 Å². The van der Waals surface area contributed by atoms with Gasteiger partial charge in [-0.05, 0) is 60.9 Å². The molecule has 2 atom stereocenters. The number of aromatic nitrogens is 1. The highest BCUT2D eigenvalue weighted by Crippen LogP contribution is 2.23. The van der Waals surface area contributed by atoms with Crippen LogP contribution in [0.15, 0.2) is 83.9 Å². The lowest BCUT2D eigenvalue weighted by Crippen LogP contribution is -2.32. The largest absolute Gasteiger partial charge is 0.387 e. The van der Waals surface area contributed by atoms with Crippen LogP contribution in [0.25, 0.3) is 10.9 Å². The Bertz CT molecular complexity index is 1400. The van der Waals surface area contributed by atoms with Gasteiger partial charge in [-0.2, -0.15) is 0 Å². The van der Waals surface area contributed by atoms with Gasteiger partial charge in [0.25, 0.3) is 10.0 Å². The van der Waals surface area contributed by atoms with E-state index in [1.54, 1.807) is 42.5 Å². The van der Waals surface area contributed by atoms with Gasteiger partial charge in [0.1, 0.15) is 0 Å². The third kappa shape index (κ3) is 6.03. The topological polar surface area (TPSA) is 97.5 Å². The predicted octanol–water partition coefficient (Wildman–Crippen LogP) is 4.29. The average Bonchev–Trinajstić information content (AvgIpc) is 3.25. The van der Waals surface area contributed by atoms with E-state index < -0.39 is 16.1 Å². The minimum Gasteiger partial charge on any atom is -0.387 e. The van der Waals surface area contributed by atoms with Crippen LogP contribution in [0.5, 0.6) is 0 Å². The van der Waals surface area contributed by atoms with E-state index in [0.29, 0.717) is 17.8 Å². The Kier molecular flexibility index (Phi) is 7.45. The lowest BCUT2D eigenvalue weighted by molar-refractivity contribution is 0.170. The molecule has 4 N–H and O–H groups in total. The molecule has 1 heterocycles. The van der Waals surface area contributed by atoms with E-state index in [1.165, 1.54) is 10.9 Å². The molecule has 0 amide bonds. The second kappa shape index (κ2) is 10.5. The minimum absolute atomic E-state index is 0.148. The van der Waals surface area contributed by atoms with Crippen LogP contribution in [0.2, 0.25) is 0 Å². The maximum atomic E-state index is 12.9. The molecule has 4 aromatic rings. The molecule has 0 radical (unpaired) electrons. The van der Waals surface area contributed by atoms with Gasteiger partial charge in [0.05, 0.1) is 11.0 Å². The van der Waals surface area contributed by atoms with Gasteiger partial charge in [-0.15, -0.1) is 0 Å². The fourth-order valence-corrected chi connectivity index (χ4v) is 5.17. The Morgan fingerprint density at radius 3 is 2.57 bits per heavy atom. The number of rotatable bonds is 10. The molecule has 35 heavy (non-hydrogen) atoms. The van der Waals surface area contributed by atoms with Gasteiger partial charge in [-0.1, -0.05) is 36.4 Å². The number of aliphatic hydroxyl groups is 1. The fraction of sp³-hybridized carbons (Fsp3) is 0.259. The zero-order valence-corrected chi connectivity index (χ0v) is 21.0. The summed E-state index contributed by atoms with van der Waals surface area (Å²) in [5, 5.41) is 15.3. The number of hydrogen-bond acceptors (Lipinski definition) is 5. The molecule has 184 valence electrons. The quantitative estimate of drug-likeness (QED) is 0.265. The third-order valence-corrected chi connectivity index (χ3v) is 7.41. The van der Waals surface area contributed by atoms with Crippen LogP contribution in [0.1, 0.15) is 24.2 Å². The maximum absolute atomic E-state index is 12.9. The predicted molar refractivity (Wildman–Crippen MR) is 142 cm³/mol. The van der Waals surface area contributed by atoms with Crippen molar-refractivity contribution in [2.24, 2.45) is 0 Å². The molecule has 0 bridgehead atoms. The van der Waals surface area contributed by atoms with E-state index in [-0.39, 0.29) is 10.9 Å². The van der Waals surface area contributed by atoms with Crippen molar-refractivity contribution in [3.05, 3.63) is 90.1 Å². The summed E-state index contributed by atoms with van der Waals surface area (Å²) < 4.78 is 28.4. The zero-order valence-electron chi connectivity index (χ0n) is 20.2. The monoisotopic (exact) mass is 492 g/mol. The van der Waals surface area contributed by atoms with Crippen LogP contribution in [-0.4, -0.2) is 45.2 Å². The summed E-state index contributed by atoms with van der Waals surface area (Å²) in [5.41, 5.74) is 4.18. The van der Waals surface area contributed by atoms with E-state index in [1.807, 2.05) is 43.4 Å². The van der Waals surface area contributed by atoms with Crippen LogP contribution >= 0.6 is 0 Å². The highest BCUT2D eigenvalue weighted by Gasteiger charge is 2.17. The van der Waals surface area contributed by atoms with Crippen molar-refractivity contribution in [1.29, 1.82) is 0 Å². The molecule has 0 aliphatic heterocycles. The molecular formula is C27H32N4O3S. The van der Waals surface area contributed by atoms with Crippen LogP contribution in [0, 0.1) is 0 Å². The Morgan fingerprint density at radius 2 is 1.77 bits per heavy atom. The second-order valence-electron chi connectivity index (χ2n) is 9.01. The molecule has 0 aliphatic carbocycles. The number of hydrogen-bond donors (Lipinski definition) is 4. The number of sulfonamides is 1. The first-order valence-corrected chi connectivity index (χ1v) is 13.1. The van der Waals surface area contributed by atoms with E-state index in [0.717, 1.165) is 17.6 Å². The van der Waals surface area contributed by atoms with Crippen molar-refractivity contribution in [3.63, 3.8) is 0 Å². The van der Waals surface area contributed by atoms with Gasteiger partial charge < -0.3 is 20.3 Å². The molecule has 4 rings (SSSR count). The molecule has 8 heteroatoms. The Balaban J connectivity index is 1.38. The van der Waals surface area contributed by atoms with Gasteiger partial charge in [0, 0.05) is 55.2 Å². The number of para-hydroxylation sites is 1. The van der Waals surface area contributed by atoms with E-state index in [2.05, 4.69) is 34.1 Å². The molecule has 0 saturated carbocycles. The second-order valence-corrected chi connectivity index (χ2v) is 10.7. The Morgan fingerprint density at radius 1 is 1.00 bits per heavy atom. The van der Waals surface area contributed by atoms with Crippen LogP contribution < -0.4 is 14.9 Å². The lowest BCUT2D eigenvalue weighted by atomic mass is 10.0. The third-order valence-electron chi connectivity index (χ3n) is 6.03. The maximum Gasteiger partial charge on any atom is 0.261 e. The van der Waals surface area contributed by atoms with Crippen molar-refractivity contribution in [1.82, 2.24) is 10.3 Å². The van der Waals surface area contributed by atoms with Gasteiger partial charge in [0.2, 0.25) is 0 Å². The van der Waals surface area contributed by atoms with Crippen molar-refractivity contribution in [3.8, 4) is 0 Å². The fourth-order valence-electron chi connectivity index (χ4n) is 4.09. The van der Waals surface area contributed by atoms with Gasteiger partial charge >= 0.3 is 0 Å². The number of aliphatic hydroxyl groups excluding tert-OH is 1. The summed E-state index contributed by atoms with van der Waals surface area (Å²) in [5.74, 6) is 0. The first kappa shape index (κ1) is 24.8. The summed E-state index contributed by atoms with van der Waals surface area (Å²) in [6, 6.07) is 22.0. The van der Waals surface area contributed by atoms with E-state index >= 15 is 0 Å². The highest BCUT2D eigenvalue weighted by atomic mass is 32.2. The number of benzene rings is 3. The van der Waals surface area contributed by atoms with E-state index in [9.17, 15) is 13.5 Å². The number of nitrogens with zero attached hydrogens (tertiary/aromatic N) is 1. The number of anilines is 2. The first-order valence-electron chi connectivity index (χ1n) is 11.6. The summed E-state index contributed by atoms with van der Waals surface area (Å²) >= 11 is 0. The summed E-state index contributed by atoms with van der Waals surface area (Å²) in [4.78, 5) is 5.33. The van der Waals surface area contributed by atoms with Crippen molar-refractivity contribution in [2.75, 3.05) is 30.3 Å². The molecule has 0 fully saturated rings. The Labute approximate surface area is 206 Å². The van der Waals surface area contributed by atoms with Crippen molar-refractivity contribution in [2.45, 2.75) is 30.4 Å². The molecule has 7 nitrogen and oxygen atoms in total. The summed E-state index contributed by atoms with van der Waals surface area (Å²) in [7, 11) is -0.0404.